The Balaban J connectivity index is 1.56. The Morgan fingerprint density at radius 1 is 0.962 bits per heavy atom. The number of fused-ring (bicyclic) bond motifs is 3. The molecule has 0 bridgehead atoms. The Morgan fingerprint density at radius 3 is 2.62 bits per heavy atom. The van der Waals surface area contributed by atoms with Gasteiger partial charge in [-0.1, -0.05) is 0 Å². The summed E-state index contributed by atoms with van der Waals surface area (Å²) in [5, 5.41) is 1.40. The molecule has 0 saturated carbocycles. The maximum Gasteiger partial charge on any atom is 0.187 e. The second kappa shape index (κ2) is 7.41. The highest BCUT2D eigenvalue weighted by molar-refractivity contribution is 7.19. The SMILES string of the molecule is C1CCN(c2nc(C[NH+]3CCOCC3)nc3sc4c(c23)CCCC4)CC1. The van der Waals surface area contributed by atoms with E-state index < -0.39 is 0 Å². The van der Waals surface area contributed by atoms with E-state index in [2.05, 4.69) is 4.90 Å². The lowest BCUT2D eigenvalue weighted by Crippen LogP contribution is -3.12. The van der Waals surface area contributed by atoms with Gasteiger partial charge >= 0.3 is 0 Å². The molecule has 3 aliphatic rings. The summed E-state index contributed by atoms with van der Waals surface area (Å²) in [6, 6.07) is 0. The second-order valence-corrected chi connectivity index (χ2v) is 9.02. The van der Waals surface area contributed by atoms with Gasteiger partial charge in [0.2, 0.25) is 0 Å². The molecule has 5 nitrogen and oxygen atoms in total. The minimum absolute atomic E-state index is 0.865. The molecule has 26 heavy (non-hydrogen) atoms. The van der Waals surface area contributed by atoms with Crippen molar-refractivity contribution in [3.05, 3.63) is 16.3 Å². The molecule has 2 saturated heterocycles. The quantitative estimate of drug-likeness (QED) is 0.893. The second-order valence-electron chi connectivity index (χ2n) is 7.94. The van der Waals surface area contributed by atoms with Crippen LogP contribution in [0.3, 0.4) is 0 Å². The predicted molar refractivity (Wildman–Crippen MR) is 105 cm³/mol. The van der Waals surface area contributed by atoms with Gasteiger partial charge in [0.25, 0.3) is 0 Å². The van der Waals surface area contributed by atoms with Crippen molar-refractivity contribution in [1.82, 2.24) is 9.97 Å². The van der Waals surface area contributed by atoms with E-state index in [0.29, 0.717) is 0 Å². The fourth-order valence-electron chi connectivity index (χ4n) is 4.66. The van der Waals surface area contributed by atoms with E-state index in [-0.39, 0.29) is 0 Å². The topological polar surface area (TPSA) is 42.7 Å². The van der Waals surface area contributed by atoms with Gasteiger partial charge in [0, 0.05) is 18.0 Å². The molecule has 0 unspecified atom stereocenters. The van der Waals surface area contributed by atoms with Crippen LogP contribution in [-0.2, 0) is 24.1 Å². The van der Waals surface area contributed by atoms with Gasteiger partial charge in [-0.25, -0.2) is 9.97 Å². The van der Waals surface area contributed by atoms with E-state index in [0.717, 1.165) is 51.8 Å². The summed E-state index contributed by atoms with van der Waals surface area (Å²) in [5.74, 6) is 2.28. The molecule has 6 heteroatoms. The van der Waals surface area contributed by atoms with E-state index in [9.17, 15) is 0 Å². The van der Waals surface area contributed by atoms with Crippen molar-refractivity contribution in [2.75, 3.05) is 44.3 Å². The lowest BCUT2D eigenvalue weighted by atomic mass is 9.96. The molecule has 0 spiro atoms. The van der Waals surface area contributed by atoms with Gasteiger partial charge in [0.15, 0.2) is 5.82 Å². The molecule has 1 N–H and O–H groups in total. The first-order valence-corrected chi connectivity index (χ1v) is 11.2. The van der Waals surface area contributed by atoms with Gasteiger partial charge in [0.05, 0.1) is 18.6 Å². The number of aromatic nitrogens is 2. The van der Waals surface area contributed by atoms with E-state index in [1.807, 2.05) is 11.3 Å². The van der Waals surface area contributed by atoms with Gasteiger partial charge in [-0.2, -0.15) is 0 Å². The molecule has 0 atom stereocenters. The number of nitrogens with one attached hydrogen (secondary N) is 1. The van der Waals surface area contributed by atoms with Crippen molar-refractivity contribution in [3.63, 3.8) is 0 Å². The molecule has 4 heterocycles. The van der Waals surface area contributed by atoms with Crippen LogP contribution < -0.4 is 9.80 Å². The van der Waals surface area contributed by atoms with Crippen LogP contribution in [0.15, 0.2) is 0 Å². The average molecular weight is 374 g/mol. The number of hydrogen-bond donors (Lipinski definition) is 1. The zero-order valence-electron chi connectivity index (χ0n) is 15.6. The van der Waals surface area contributed by atoms with Crippen LogP contribution in [0.25, 0.3) is 10.2 Å². The van der Waals surface area contributed by atoms with Crippen molar-refractivity contribution >= 4 is 27.4 Å². The summed E-state index contributed by atoms with van der Waals surface area (Å²) in [6.45, 7) is 7.11. The number of nitrogens with zero attached hydrogens (tertiary/aromatic N) is 3. The lowest BCUT2D eigenvalue weighted by molar-refractivity contribution is -0.922. The van der Waals surface area contributed by atoms with Crippen LogP contribution >= 0.6 is 11.3 Å². The number of piperidine rings is 1. The summed E-state index contributed by atoms with van der Waals surface area (Å²) >= 11 is 1.94. The molecule has 2 fully saturated rings. The van der Waals surface area contributed by atoms with Crippen molar-refractivity contribution in [2.45, 2.75) is 51.5 Å². The number of morpholine rings is 1. The van der Waals surface area contributed by atoms with Gasteiger partial charge in [-0.05, 0) is 50.5 Å². The normalized spacial score (nSPS) is 21.9. The number of rotatable bonds is 3. The van der Waals surface area contributed by atoms with Gasteiger partial charge in [-0.3, -0.25) is 0 Å². The van der Waals surface area contributed by atoms with Gasteiger partial charge < -0.3 is 14.5 Å². The Labute approximate surface area is 159 Å². The van der Waals surface area contributed by atoms with Crippen molar-refractivity contribution in [2.24, 2.45) is 0 Å². The first-order valence-electron chi connectivity index (χ1n) is 10.4. The summed E-state index contributed by atoms with van der Waals surface area (Å²) in [6.07, 6.45) is 9.05. The first kappa shape index (κ1) is 16.9. The van der Waals surface area contributed by atoms with E-state index in [1.54, 1.807) is 15.3 Å². The largest absolute Gasteiger partial charge is 0.370 e. The number of quaternary nitrogens is 1. The van der Waals surface area contributed by atoms with E-state index >= 15 is 0 Å². The predicted octanol–water partition coefficient (Wildman–Crippen LogP) is 1.98. The highest BCUT2D eigenvalue weighted by atomic mass is 32.1. The number of aryl methyl sites for hydroxylation is 2. The Bertz CT molecular complexity index is 778. The molecular formula is C20H29N4OS+. The number of thiophene rings is 1. The van der Waals surface area contributed by atoms with Crippen molar-refractivity contribution in [3.8, 4) is 0 Å². The molecular weight excluding hydrogens is 344 g/mol. The van der Waals surface area contributed by atoms with Crippen molar-refractivity contribution in [1.29, 1.82) is 0 Å². The highest BCUT2D eigenvalue weighted by Gasteiger charge is 2.26. The third-order valence-corrected chi connectivity index (χ3v) is 7.29. The Morgan fingerprint density at radius 2 is 1.77 bits per heavy atom. The van der Waals surface area contributed by atoms with Crippen molar-refractivity contribution < 1.29 is 9.64 Å². The maximum atomic E-state index is 5.51. The molecule has 2 aromatic heterocycles. The maximum absolute atomic E-state index is 5.51. The molecule has 2 aliphatic heterocycles. The summed E-state index contributed by atoms with van der Waals surface area (Å²) in [5.41, 5.74) is 1.57. The molecule has 0 amide bonds. The monoisotopic (exact) mass is 373 g/mol. The van der Waals surface area contributed by atoms with Crippen LogP contribution in [0.5, 0.6) is 0 Å². The molecule has 140 valence electrons. The van der Waals surface area contributed by atoms with Gasteiger partial charge in [0.1, 0.15) is 30.3 Å². The third-order valence-electron chi connectivity index (χ3n) is 6.11. The minimum Gasteiger partial charge on any atom is -0.370 e. The summed E-state index contributed by atoms with van der Waals surface area (Å²) in [4.78, 5) is 17.1. The van der Waals surface area contributed by atoms with E-state index in [4.69, 9.17) is 14.7 Å². The van der Waals surface area contributed by atoms with Crippen LogP contribution in [0.4, 0.5) is 5.82 Å². The third kappa shape index (κ3) is 3.23. The van der Waals surface area contributed by atoms with Crippen LogP contribution in [0, 0.1) is 0 Å². The fraction of sp³-hybridized carbons (Fsp3) is 0.700. The van der Waals surface area contributed by atoms with Crippen LogP contribution in [0.1, 0.15) is 48.4 Å². The highest BCUT2D eigenvalue weighted by Crippen LogP contribution is 2.40. The molecule has 2 aromatic rings. The van der Waals surface area contributed by atoms with Crippen LogP contribution in [-0.4, -0.2) is 49.4 Å². The lowest BCUT2D eigenvalue weighted by Gasteiger charge is -2.29. The van der Waals surface area contributed by atoms with Gasteiger partial charge in [-0.15, -0.1) is 11.3 Å². The summed E-state index contributed by atoms with van der Waals surface area (Å²) < 4.78 is 5.51. The smallest absolute Gasteiger partial charge is 0.187 e. The van der Waals surface area contributed by atoms with Crippen LogP contribution in [0.2, 0.25) is 0 Å². The Hall–Kier alpha value is -1.24. The summed E-state index contributed by atoms with van der Waals surface area (Å²) in [7, 11) is 0. The zero-order valence-corrected chi connectivity index (χ0v) is 16.4. The molecule has 0 radical (unpaired) electrons. The molecule has 1 aliphatic carbocycles. The number of ether oxygens (including phenoxy) is 1. The Kier molecular flexibility index (Phi) is 4.82. The molecule has 5 rings (SSSR count). The average Bonchev–Trinajstić information content (AvgIpc) is 3.07. The van der Waals surface area contributed by atoms with E-state index in [1.165, 1.54) is 61.0 Å². The standard InChI is InChI=1S/C20H28N4OS/c1-4-8-24(9-5-1)19-18-15-6-2-3-7-16(15)26-20(18)22-17(21-19)14-23-10-12-25-13-11-23/h1-14H2/p+1. The number of hydrogen-bond acceptors (Lipinski definition) is 5. The number of anilines is 1. The first-order chi connectivity index (χ1) is 12.9. The fourth-order valence-corrected chi connectivity index (χ4v) is 5.93. The zero-order chi connectivity index (χ0) is 17.3. The minimum atomic E-state index is 0.865. The molecule has 0 aromatic carbocycles.